The Morgan fingerprint density at radius 1 is 1.13 bits per heavy atom. The van der Waals surface area contributed by atoms with Gasteiger partial charge in [0.05, 0.1) is 0 Å². The van der Waals surface area contributed by atoms with Crippen LogP contribution < -0.4 is 4.74 Å². The van der Waals surface area contributed by atoms with Gasteiger partial charge in [0.15, 0.2) is 0 Å². The Kier molecular flexibility index (Phi) is 2.27. The van der Waals surface area contributed by atoms with Gasteiger partial charge in [0.25, 0.3) is 0 Å². The number of halogens is 1. The van der Waals surface area contributed by atoms with Crippen molar-refractivity contribution in [1.82, 2.24) is 0 Å². The van der Waals surface area contributed by atoms with Crippen molar-refractivity contribution < 1.29 is 4.74 Å². The summed E-state index contributed by atoms with van der Waals surface area (Å²) in [5.41, 5.74) is 1.56. The number of ether oxygens (including phenoxy) is 1. The minimum atomic E-state index is 0.195. The van der Waals surface area contributed by atoms with Gasteiger partial charge in [-0.15, -0.1) is 0 Å². The molecule has 1 nitrogen and oxygen atoms in total. The summed E-state index contributed by atoms with van der Waals surface area (Å²) in [5, 5.41) is 0. The zero-order valence-electron chi connectivity index (χ0n) is 8.76. The molecule has 1 aliphatic heterocycles. The van der Waals surface area contributed by atoms with E-state index < -0.39 is 0 Å². The molecule has 2 heteroatoms. The van der Waals surface area contributed by atoms with Crippen LogP contribution in [-0.2, 0) is 6.42 Å². The zero-order valence-corrected chi connectivity index (χ0v) is 10.3. The molecule has 0 bridgehead atoms. The fourth-order valence-electron chi connectivity index (χ4n) is 2.86. The number of hydrogen-bond acceptors (Lipinski definition) is 1. The predicted molar refractivity (Wildman–Crippen MR) is 64.3 cm³/mol. The molecule has 3 rings (SSSR count). The molecule has 0 atom stereocenters. The number of aryl methyl sites for hydroxylation is 1. The summed E-state index contributed by atoms with van der Waals surface area (Å²) in [5.74, 6) is 1.12. The van der Waals surface area contributed by atoms with Gasteiger partial charge in [-0.25, -0.2) is 0 Å². The summed E-state index contributed by atoms with van der Waals surface area (Å²) in [6.45, 7) is 0. The van der Waals surface area contributed by atoms with E-state index in [1.165, 1.54) is 44.1 Å². The summed E-state index contributed by atoms with van der Waals surface area (Å²) in [6, 6.07) is 6.38. The van der Waals surface area contributed by atoms with Crippen LogP contribution in [-0.4, -0.2) is 5.60 Å². The summed E-state index contributed by atoms with van der Waals surface area (Å²) < 4.78 is 7.37. The molecule has 1 fully saturated rings. The summed E-state index contributed by atoms with van der Waals surface area (Å²) in [7, 11) is 0. The normalized spacial score (nSPS) is 22.5. The van der Waals surface area contributed by atoms with Crippen LogP contribution in [0.15, 0.2) is 22.7 Å². The summed E-state index contributed by atoms with van der Waals surface area (Å²) >= 11 is 3.51. The van der Waals surface area contributed by atoms with Crippen LogP contribution in [0.4, 0.5) is 0 Å². The van der Waals surface area contributed by atoms with Crippen molar-refractivity contribution in [3.63, 3.8) is 0 Å². The van der Waals surface area contributed by atoms with E-state index in [0.717, 1.165) is 10.2 Å². The van der Waals surface area contributed by atoms with Gasteiger partial charge in [0, 0.05) is 4.47 Å². The number of hydrogen-bond donors (Lipinski definition) is 0. The number of rotatable bonds is 0. The quantitative estimate of drug-likeness (QED) is 0.688. The Bertz CT molecular complexity index is 380. The van der Waals surface area contributed by atoms with Crippen LogP contribution in [0.1, 0.15) is 37.7 Å². The van der Waals surface area contributed by atoms with E-state index in [2.05, 4.69) is 34.1 Å². The monoisotopic (exact) mass is 266 g/mol. The molecule has 80 valence electrons. The average molecular weight is 267 g/mol. The lowest BCUT2D eigenvalue weighted by Crippen LogP contribution is -2.36. The second kappa shape index (κ2) is 3.51. The lowest BCUT2D eigenvalue weighted by molar-refractivity contribution is 0.0533. The maximum atomic E-state index is 6.21. The van der Waals surface area contributed by atoms with Crippen molar-refractivity contribution in [1.29, 1.82) is 0 Å². The molecule has 2 aliphatic rings. The molecule has 0 radical (unpaired) electrons. The Hall–Kier alpha value is -0.500. The minimum absolute atomic E-state index is 0.195. The molecule has 1 aromatic carbocycles. The number of fused-ring (bicyclic) bond motifs is 1. The largest absolute Gasteiger partial charge is 0.487 e. The van der Waals surface area contributed by atoms with Crippen molar-refractivity contribution in [3.8, 4) is 5.75 Å². The van der Waals surface area contributed by atoms with Crippen molar-refractivity contribution in [2.24, 2.45) is 0 Å². The highest BCUT2D eigenvalue weighted by Crippen LogP contribution is 2.43. The second-order valence-electron chi connectivity index (χ2n) is 4.74. The SMILES string of the molecule is Brc1ccc2c(c1)CCC1(CCCC1)O2. The highest BCUT2D eigenvalue weighted by molar-refractivity contribution is 9.10. The average Bonchev–Trinajstić information content (AvgIpc) is 2.67. The molecule has 1 heterocycles. The van der Waals surface area contributed by atoms with E-state index in [1.807, 2.05) is 0 Å². The highest BCUT2D eigenvalue weighted by atomic mass is 79.9. The smallest absolute Gasteiger partial charge is 0.123 e. The predicted octanol–water partition coefficient (Wildman–Crippen LogP) is 4.09. The standard InChI is InChI=1S/C13H15BrO/c14-11-3-4-12-10(9-11)5-8-13(15-12)6-1-2-7-13/h3-4,9H,1-2,5-8H2. The topological polar surface area (TPSA) is 9.23 Å². The zero-order chi connectivity index (χ0) is 10.3. The molecular weight excluding hydrogens is 252 g/mol. The van der Waals surface area contributed by atoms with Crippen LogP contribution in [0.25, 0.3) is 0 Å². The maximum Gasteiger partial charge on any atom is 0.123 e. The molecule has 1 spiro atoms. The molecule has 15 heavy (non-hydrogen) atoms. The van der Waals surface area contributed by atoms with Crippen LogP contribution in [0, 0.1) is 0 Å². The van der Waals surface area contributed by atoms with E-state index >= 15 is 0 Å². The first-order valence-corrected chi connectivity index (χ1v) is 6.54. The van der Waals surface area contributed by atoms with Gasteiger partial charge < -0.3 is 4.74 Å². The Morgan fingerprint density at radius 2 is 1.93 bits per heavy atom. The van der Waals surface area contributed by atoms with Gasteiger partial charge in [0.2, 0.25) is 0 Å². The fourth-order valence-corrected chi connectivity index (χ4v) is 3.27. The van der Waals surface area contributed by atoms with Crippen LogP contribution in [0.5, 0.6) is 5.75 Å². The van der Waals surface area contributed by atoms with Crippen molar-refractivity contribution >= 4 is 15.9 Å². The third-order valence-electron chi connectivity index (χ3n) is 3.71. The molecule has 0 N–H and O–H groups in total. The van der Waals surface area contributed by atoms with E-state index in [1.54, 1.807) is 0 Å². The van der Waals surface area contributed by atoms with E-state index in [-0.39, 0.29) is 5.60 Å². The molecule has 0 aromatic heterocycles. The molecular formula is C13H15BrO. The van der Waals surface area contributed by atoms with Gasteiger partial charge in [-0.3, -0.25) is 0 Å². The van der Waals surface area contributed by atoms with Gasteiger partial charge in [-0.2, -0.15) is 0 Å². The maximum absolute atomic E-state index is 6.21. The minimum Gasteiger partial charge on any atom is -0.487 e. The molecule has 0 amide bonds. The third-order valence-corrected chi connectivity index (χ3v) is 4.21. The first-order chi connectivity index (χ1) is 7.27. The van der Waals surface area contributed by atoms with Gasteiger partial charge in [-0.1, -0.05) is 15.9 Å². The van der Waals surface area contributed by atoms with E-state index in [0.29, 0.717) is 0 Å². The molecule has 0 saturated heterocycles. The number of benzene rings is 1. The lowest BCUT2D eigenvalue weighted by Gasteiger charge is -2.35. The Morgan fingerprint density at radius 3 is 2.73 bits per heavy atom. The van der Waals surface area contributed by atoms with Crippen molar-refractivity contribution in [2.75, 3.05) is 0 Å². The van der Waals surface area contributed by atoms with Gasteiger partial charge in [-0.05, 0) is 62.3 Å². The summed E-state index contributed by atoms with van der Waals surface area (Å²) in [4.78, 5) is 0. The lowest BCUT2D eigenvalue weighted by atomic mass is 9.90. The van der Waals surface area contributed by atoms with E-state index in [4.69, 9.17) is 4.74 Å². The molecule has 1 aromatic rings. The van der Waals surface area contributed by atoms with Crippen LogP contribution >= 0.6 is 15.9 Å². The summed E-state index contributed by atoms with van der Waals surface area (Å²) in [6.07, 6.45) is 7.56. The Balaban J connectivity index is 1.93. The second-order valence-corrected chi connectivity index (χ2v) is 5.66. The van der Waals surface area contributed by atoms with Crippen LogP contribution in [0.3, 0.4) is 0 Å². The fraction of sp³-hybridized carbons (Fsp3) is 0.538. The van der Waals surface area contributed by atoms with E-state index in [9.17, 15) is 0 Å². The Labute approximate surface area is 99.0 Å². The first kappa shape index (κ1) is 9.71. The first-order valence-electron chi connectivity index (χ1n) is 5.75. The molecule has 1 saturated carbocycles. The van der Waals surface area contributed by atoms with Crippen molar-refractivity contribution in [3.05, 3.63) is 28.2 Å². The molecule has 0 unspecified atom stereocenters. The van der Waals surface area contributed by atoms with Gasteiger partial charge in [0.1, 0.15) is 11.4 Å². The molecule has 1 aliphatic carbocycles. The van der Waals surface area contributed by atoms with Crippen molar-refractivity contribution in [2.45, 2.75) is 44.1 Å². The van der Waals surface area contributed by atoms with Crippen LogP contribution in [0.2, 0.25) is 0 Å². The van der Waals surface area contributed by atoms with Gasteiger partial charge >= 0.3 is 0 Å². The third kappa shape index (κ3) is 1.69. The highest BCUT2D eigenvalue weighted by Gasteiger charge is 2.38.